The smallest absolute Gasteiger partial charge is 0.162 e. The summed E-state index contributed by atoms with van der Waals surface area (Å²) in [5.41, 5.74) is 7.65. The SMILES string of the molecule is NC(=S)c1ccnc2ccoc12. The van der Waals surface area contributed by atoms with E-state index in [1.807, 2.05) is 0 Å². The second kappa shape index (κ2) is 2.57. The first-order valence-electron chi connectivity index (χ1n) is 3.41. The van der Waals surface area contributed by atoms with E-state index in [-0.39, 0.29) is 0 Å². The van der Waals surface area contributed by atoms with Crippen LogP contribution in [0, 0.1) is 0 Å². The summed E-state index contributed by atoms with van der Waals surface area (Å²) in [4.78, 5) is 4.41. The standard InChI is InChI=1S/C8H6N2OS/c9-8(12)5-1-3-10-6-2-4-11-7(5)6/h1-4H,(H2,9,12). The van der Waals surface area contributed by atoms with Crippen molar-refractivity contribution in [3.63, 3.8) is 0 Å². The Morgan fingerprint density at radius 1 is 1.50 bits per heavy atom. The summed E-state index contributed by atoms with van der Waals surface area (Å²) in [6.45, 7) is 0. The summed E-state index contributed by atoms with van der Waals surface area (Å²) in [6, 6.07) is 3.52. The summed E-state index contributed by atoms with van der Waals surface area (Å²) >= 11 is 4.85. The van der Waals surface area contributed by atoms with Gasteiger partial charge < -0.3 is 10.2 Å². The van der Waals surface area contributed by atoms with Crippen LogP contribution in [0.5, 0.6) is 0 Å². The Labute approximate surface area is 74.2 Å². The monoisotopic (exact) mass is 178 g/mol. The van der Waals surface area contributed by atoms with E-state index < -0.39 is 0 Å². The zero-order valence-electron chi connectivity index (χ0n) is 6.15. The van der Waals surface area contributed by atoms with Gasteiger partial charge in [0.1, 0.15) is 10.5 Å². The van der Waals surface area contributed by atoms with Crippen molar-refractivity contribution in [3.05, 3.63) is 30.2 Å². The highest BCUT2D eigenvalue weighted by molar-refractivity contribution is 7.80. The molecule has 0 saturated carbocycles. The zero-order valence-corrected chi connectivity index (χ0v) is 6.97. The van der Waals surface area contributed by atoms with Gasteiger partial charge in [0.2, 0.25) is 0 Å². The van der Waals surface area contributed by atoms with Crippen LogP contribution in [0.25, 0.3) is 11.1 Å². The van der Waals surface area contributed by atoms with Gasteiger partial charge in [-0.3, -0.25) is 4.98 Å². The number of rotatable bonds is 1. The van der Waals surface area contributed by atoms with Gasteiger partial charge in [0.15, 0.2) is 5.58 Å². The molecule has 2 N–H and O–H groups in total. The molecule has 0 atom stereocenters. The summed E-state index contributed by atoms with van der Waals surface area (Å²) in [5, 5.41) is 0. The minimum Gasteiger partial charge on any atom is -0.462 e. The second-order valence-corrected chi connectivity index (χ2v) is 2.80. The average Bonchev–Trinajstić information content (AvgIpc) is 2.49. The molecule has 0 radical (unpaired) electrons. The van der Waals surface area contributed by atoms with Crippen LogP contribution >= 0.6 is 12.2 Å². The third-order valence-electron chi connectivity index (χ3n) is 1.61. The minimum absolute atomic E-state index is 0.331. The Balaban J connectivity index is 2.82. The van der Waals surface area contributed by atoms with E-state index in [9.17, 15) is 0 Å². The minimum atomic E-state index is 0.331. The molecule has 0 amide bonds. The molecule has 3 nitrogen and oxygen atoms in total. The number of pyridine rings is 1. The molecule has 12 heavy (non-hydrogen) atoms. The Bertz CT molecular complexity index is 435. The highest BCUT2D eigenvalue weighted by atomic mass is 32.1. The molecule has 2 rings (SSSR count). The first-order chi connectivity index (χ1) is 5.79. The van der Waals surface area contributed by atoms with Gasteiger partial charge in [-0.25, -0.2) is 0 Å². The molecule has 2 heterocycles. The lowest BCUT2D eigenvalue weighted by Crippen LogP contribution is -2.09. The van der Waals surface area contributed by atoms with Crippen molar-refractivity contribution in [1.29, 1.82) is 0 Å². The van der Waals surface area contributed by atoms with E-state index in [4.69, 9.17) is 22.4 Å². The number of hydrogen-bond acceptors (Lipinski definition) is 3. The van der Waals surface area contributed by atoms with Crippen molar-refractivity contribution in [3.8, 4) is 0 Å². The van der Waals surface area contributed by atoms with Crippen molar-refractivity contribution < 1.29 is 4.42 Å². The van der Waals surface area contributed by atoms with Gasteiger partial charge in [-0.15, -0.1) is 0 Å². The van der Waals surface area contributed by atoms with E-state index in [1.165, 1.54) is 0 Å². The van der Waals surface area contributed by atoms with E-state index in [0.717, 1.165) is 11.1 Å². The molecule has 0 aliphatic heterocycles. The van der Waals surface area contributed by atoms with Crippen LogP contribution < -0.4 is 5.73 Å². The first-order valence-corrected chi connectivity index (χ1v) is 3.82. The predicted octanol–water partition coefficient (Wildman–Crippen LogP) is 1.46. The fourth-order valence-electron chi connectivity index (χ4n) is 1.07. The lowest BCUT2D eigenvalue weighted by molar-refractivity contribution is 0.615. The molecular formula is C8H6N2OS. The van der Waals surface area contributed by atoms with Gasteiger partial charge in [0, 0.05) is 12.3 Å². The molecule has 60 valence electrons. The van der Waals surface area contributed by atoms with Crippen molar-refractivity contribution in [2.24, 2.45) is 5.73 Å². The topological polar surface area (TPSA) is 52.0 Å². The van der Waals surface area contributed by atoms with Crippen molar-refractivity contribution in [1.82, 2.24) is 4.98 Å². The van der Waals surface area contributed by atoms with E-state index in [1.54, 1.807) is 24.6 Å². The Kier molecular flexibility index (Phi) is 1.55. The molecule has 2 aromatic heterocycles. The molecule has 4 heteroatoms. The Morgan fingerprint density at radius 2 is 2.33 bits per heavy atom. The summed E-state index contributed by atoms with van der Waals surface area (Å²) in [6.07, 6.45) is 3.23. The Morgan fingerprint density at radius 3 is 3.08 bits per heavy atom. The molecule has 2 aromatic rings. The third-order valence-corrected chi connectivity index (χ3v) is 1.83. The molecule has 0 aliphatic rings. The molecule has 0 aromatic carbocycles. The fraction of sp³-hybridized carbons (Fsp3) is 0. The maximum Gasteiger partial charge on any atom is 0.162 e. The van der Waals surface area contributed by atoms with Crippen LogP contribution in [0.15, 0.2) is 29.0 Å². The molecule has 0 spiro atoms. The van der Waals surface area contributed by atoms with Crippen LogP contribution in [-0.4, -0.2) is 9.97 Å². The second-order valence-electron chi connectivity index (χ2n) is 2.36. The van der Waals surface area contributed by atoms with Crippen LogP contribution in [0.3, 0.4) is 0 Å². The number of furan rings is 1. The molecule has 0 aliphatic carbocycles. The quantitative estimate of drug-likeness (QED) is 0.672. The molecule has 0 bridgehead atoms. The lowest BCUT2D eigenvalue weighted by atomic mass is 10.2. The van der Waals surface area contributed by atoms with Gasteiger partial charge in [-0.1, -0.05) is 12.2 Å². The van der Waals surface area contributed by atoms with Crippen LogP contribution in [0.2, 0.25) is 0 Å². The zero-order chi connectivity index (χ0) is 8.55. The first kappa shape index (κ1) is 7.24. The Hall–Kier alpha value is -1.42. The normalized spacial score (nSPS) is 10.3. The van der Waals surface area contributed by atoms with Gasteiger partial charge in [0.05, 0.1) is 11.8 Å². The molecule has 0 saturated heterocycles. The van der Waals surface area contributed by atoms with Crippen LogP contribution in [0.4, 0.5) is 0 Å². The maximum atomic E-state index is 5.48. The van der Waals surface area contributed by atoms with Crippen LogP contribution in [0.1, 0.15) is 5.56 Å². The summed E-state index contributed by atoms with van der Waals surface area (Å²) in [5.74, 6) is 0. The number of aromatic nitrogens is 1. The number of fused-ring (bicyclic) bond motifs is 1. The predicted molar refractivity (Wildman–Crippen MR) is 49.9 cm³/mol. The third kappa shape index (κ3) is 0.967. The van der Waals surface area contributed by atoms with Gasteiger partial charge in [0.25, 0.3) is 0 Å². The molecule has 0 fully saturated rings. The summed E-state index contributed by atoms with van der Waals surface area (Å²) in [7, 11) is 0. The molecular weight excluding hydrogens is 172 g/mol. The average molecular weight is 178 g/mol. The number of thiocarbonyl (C=S) groups is 1. The summed E-state index contributed by atoms with van der Waals surface area (Å²) < 4.78 is 5.18. The number of hydrogen-bond donors (Lipinski definition) is 1. The van der Waals surface area contributed by atoms with E-state index >= 15 is 0 Å². The van der Waals surface area contributed by atoms with Crippen molar-refractivity contribution >= 4 is 28.3 Å². The highest BCUT2D eigenvalue weighted by Gasteiger charge is 2.05. The molecule has 0 unspecified atom stereocenters. The van der Waals surface area contributed by atoms with Gasteiger partial charge in [-0.05, 0) is 6.07 Å². The largest absolute Gasteiger partial charge is 0.462 e. The maximum absolute atomic E-state index is 5.48. The lowest BCUT2D eigenvalue weighted by Gasteiger charge is -1.96. The highest BCUT2D eigenvalue weighted by Crippen LogP contribution is 2.16. The van der Waals surface area contributed by atoms with E-state index in [2.05, 4.69) is 4.98 Å². The van der Waals surface area contributed by atoms with Crippen molar-refractivity contribution in [2.45, 2.75) is 0 Å². The van der Waals surface area contributed by atoms with Crippen LogP contribution in [-0.2, 0) is 0 Å². The number of nitrogens with two attached hydrogens (primary N) is 1. The number of nitrogens with zero attached hydrogens (tertiary/aromatic N) is 1. The van der Waals surface area contributed by atoms with Gasteiger partial charge in [-0.2, -0.15) is 0 Å². The van der Waals surface area contributed by atoms with E-state index in [0.29, 0.717) is 10.6 Å². The van der Waals surface area contributed by atoms with Gasteiger partial charge >= 0.3 is 0 Å². The fourth-order valence-corrected chi connectivity index (χ4v) is 1.23. The van der Waals surface area contributed by atoms with Crippen molar-refractivity contribution in [2.75, 3.05) is 0 Å².